The quantitative estimate of drug-likeness (QED) is 0.377. The highest BCUT2D eigenvalue weighted by atomic mass is 19.1. The van der Waals surface area contributed by atoms with Crippen LogP contribution in [0, 0.1) is 5.82 Å². The highest BCUT2D eigenvalue weighted by molar-refractivity contribution is 5.80. The molecule has 0 spiro atoms. The van der Waals surface area contributed by atoms with Crippen molar-refractivity contribution in [2.24, 2.45) is 0 Å². The van der Waals surface area contributed by atoms with Crippen molar-refractivity contribution >= 4 is 22.7 Å². The molecule has 3 aromatic carbocycles. The third-order valence-electron chi connectivity index (χ3n) is 6.29. The van der Waals surface area contributed by atoms with E-state index in [9.17, 15) is 9.18 Å². The second kappa shape index (κ2) is 8.75. The van der Waals surface area contributed by atoms with E-state index < -0.39 is 0 Å². The van der Waals surface area contributed by atoms with Crippen molar-refractivity contribution in [2.45, 2.75) is 26.0 Å². The molecule has 2 aliphatic rings. The zero-order valence-corrected chi connectivity index (χ0v) is 19.8. The van der Waals surface area contributed by atoms with Crippen LogP contribution in [0.15, 0.2) is 54.6 Å². The summed E-state index contributed by atoms with van der Waals surface area (Å²) >= 11 is 0. The maximum Gasteiger partial charge on any atom is 0.303 e. The zero-order valence-electron chi connectivity index (χ0n) is 19.8. The van der Waals surface area contributed by atoms with Crippen molar-refractivity contribution in [3.8, 4) is 23.2 Å². The monoisotopic (exact) mass is 489 g/mol. The van der Waals surface area contributed by atoms with E-state index in [1.54, 1.807) is 10.6 Å². The van der Waals surface area contributed by atoms with Gasteiger partial charge in [-0.15, -0.1) is 0 Å². The summed E-state index contributed by atoms with van der Waals surface area (Å²) in [5, 5.41) is 3.51. The zero-order chi connectivity index (χ0) is 24.8. The number of imidazole rings is 1. The second-order valence-electron chi connectivity index (χ2n) is 8.66. The second-order valence-corrected chi connectivity index (χ2v) is 8.66. The molecule has 6 rings (SSSR count). The minimum Gasteiger partial charge on any atom is -0.489 e. The van der Waals surface area contributed by atoms with Crippen molar-refractivity contribution in [1.29, 1.82) is 0 Å². The molecule has 0 saturated carbocycles. The van der Waals surface area contributed by atoms with E-state index in [1.165, 1.54) is 19.1 Å². The Hall–Kier alpha value is -4.27. The van der Waals surface area contributed by atoms with Crippen LogP contribution < -0.4 is 19.5 Å². The average molecular weight is 490 g/mol. The standard InChI is InChI=1S/C27H24FN3O5/c1-3-33-27-30-20-10-7-16(28)11-23(20)31(27)22-6-4-5-18-21(13-35-26(18)22)29-17-8-9-19-24(12-17)34-14-25(19)36-15(2)32/h4-12,21,25,29H,3,13-14H2,1-2H3/t21-,25-/m1/s1. The van der Waals surface area contributed by atoms with Gasteiger partial charge in [0.05, 0.1) is 29.4 Å². The number of nitrogens with one attached hydrogen (secondary N) is 1. The van der Waals surface area contributed by atoms with E-state index in [0.29, 0.717) is 48.4 Å². The van der Waals surface area contributed by atoms with E-state index in [4.69, 9.17) is 18.9 Å². The first-order valence-electron chi connectivity index (χ1n) is 11.8. The summed E-state index contributed by atoms with van der Waals surface area (Å²) in [7, 11) is 0. The van der Waals surface area contributed by atoms with Gasteiger partial charge >= 0.3 is 12.0 Å². The predicted molar refractivity (Wildman–Crippen MR) is 130 cm³/mol. The fourth-order valence-corrected chi connectivity index (χ4v) is 4.78. The predicted octanol–water partition coefficient (Wildman–Crippen LogP) is 5.11. The summed E-state index contributed by atoms with van der Waals surface area (Å²) < 4.78 is 38.9. The fraction of sp³-hybridized carbons (Fsp3) is 0.259. The average Bonchev–Trinajstić information content (AvgIpc) is 3.54. The van der Waals surface area contributed by atoms with Crippen LogP contribution in [0.2, 0.25) is 0 Å². The number of aromatic nitrogens is 2. The molecule has 3 heterocycles. The molecule has 184 valence electrons. The van der Waals surface area contributed by atoms with Gasteiger partial charge in [-0.05, 0) is 37.3 Å². The number of anilines is 1. The van der Waals surface area contributed by atoms with Crippen LogP contribution in [0.5, 0.6) is 17.5 Å². The van der Waals surface area contributed by atoms with E-state index in [0.717, 1.165) is 22.5 Å². The molecule has 36 heavy (non-hydrogen) atoms. The van der Waals surface area contributed by atoms with Gasteiger partial charge in [0.25, 0.3) is 0 Å². The van der Waals surface area contributed by atoms with Gasteiger partial charge < -0.3 is 24.3 Å². The number of ether oxygens (including phenoxy) is 4. The van der Waals surface area contributed by atoms with Crippen LogP contribution in [0.3, 0.4) is 0 Å². The van der Waals surface area contributed by atoms with Crippen molar-refractivity contribution in [3.05, 3.63) is 71.5 Å². The van der Waals surface area contributed by atoms with Gasteiger partial charge in [0, 0.05) is 35.9 Å². The van der Waals surface area contributed by atoms with Gasteiger partial charge in [-0.1, -0.05) is 12.1 Å². The molecule has 0 bridgehead atoms. The Morgan fingerprint density at radius 1 is 1.14 bits per heavy atom. The fourth-order valence-electron chi connectivity index (χ4n) is 4.78. The Morgan fingerprint density at radius 3 is 2.86 bits per heavy atom. The molecule has 1 aromatic heterocycles. The molecule has 9 heteroatoms. The summed E-state index contributed by atoms with van der Waals surface area (Å²) in [6.45, 7) is 4.40. The van der Waals surface area contributed by atoms with Crippen molar-refractivity contribution in [1.82, 2.24) is 9.55 Å². The summed E-state index contributed by atoms with van der Waals surface area (Å²) in [6, 6.07) is 16.3. The molecule has 8 nitrogen and oxygen atoms in total. The number of hydrogen-bond acceptors (Lipinski definition) is 7. The molecule has 2 atom stereocenters. The minimum absolute atomic E-state index is 0.120. The maximum absolute atomic E-state index is 14.1. The molecule has 2 aliphatic heterocycles. The third kappa shape index (κ3) is 3.77. The van der Waals surface area contributed by atoms with Gasteiger partial charge in [-0.2, -0.15) is 4.98 Å². The molecular weight excluding hydrogens is 465 g/mol. The number of para-hydroxylation sites is 1. The molecule has 1 N–H and O–H groups in total. The normalized spacial score (nSPS) is 17.8. The molecule has 4 aromatic rings. The summed E-state index contributed by atoms with van der Waals surface area (Å²) in [4.78, 5) is 15.9. The lowest BCUT2D eigenvalue weighted by molar-refractivity contribution is -0.147. The topological polar surface area (TPSA) is 83.8 Å². The number of carbonyl (C=O) groups is 1. The molecule has 0 saturated heterocycles. The summed E-state index contributed by atoms with van der Waals surface area (Å²) in [5.41, 5.74) is 4.64. The first-order valence-corrected chi connectivity index (χ1v) is 11.8. The van der Waals surface area contributed by atoms with Crippen LogP contribution in [0.25, 0.3) is 16.7 Å². The Labute approximate surface area is 206 Å². The van der Waals surface area contributed by atoms with Crippen molar-refractivity contribution < 1.29 is 28.1 Å². The lowest BCUT2D eigenvalue weighted by atomic mass is 10.1. The largest absolute Gasteiger partial charge is 0.489 e. The van der Waals surface area contributed by atoms with Gasteiger partial charge in [0.15, 0.2) is 6.10 Å². The first kappa shape index (κ1) is 22.2. The van der Waals surface area contributed by atoms with E-state index in [-0.39, 0.29) is 23.9 Å². The number of nitrogens with zero attached hydrogens (tertiary/aromatic N) is 2. The number of halogens is 1. The highest BCUT2D eigenvalue weighted by Gasteiger charge is 2.31. The first-order chi connectivity index (χ1) is 17.5. The van der Waals surface area contributed by atoms with Crippen LogP contribution in [-0.4, -0.2) is 35.3 Å². The summed E-state index contributed by atoms with van der Waals surface area (Å²) in [5.74, 6) is 0.684. The molecule has 0 unspecified atom stereocenters. The number of carbonyl (C=O) groups excluding carboxylic acids is 1. The molecule has 0 aliphatic carbocycles. The van der Waals surface area contributed by atoms with Crippen molar-refractivity contribution in [3.63, 3.8) is 0 Å². The molecule has 0 fully saturated rings. The van der Waals surface area contributed by atoms with Gasteiger partial charge in [-0.3, -0.25) is 9.36 Å². The number of benzene rings is 3. The SMILES string of the molecule is CCOc1nc2ccc(F)cc2n1-c1cccc2c1OC[C@H]2Nc1ccc2c(c1)OC[C@H]2OC(C)=O. The molecular formula is C27H24FN3O5. The van der Waals surface area contributed by atoms with Gasteiger partial charge in [0.1, 0.15) is 30.5 Å². The van der Waals surface area contributed by atoms with Crippen LogP contribution in [0.1, 0.15) is 37.1 Å². The lowest BCUT2D eigenvalue weighted by Gasteiger charge is -2.15. The van der Waals surface area contributed by atoms with E-state index in [1.807, 2.05) is 43.3 Å². The number of fused-ring (bicyclic) bond motifs is 3. The Bertz CT molecular complexity index is 1480. The Morgan fingerprint density at radius 2 is 2.03 bits per heavy atom. The van der Waals surface area contributed by atoms with E-state index >= 15 is 0 Å². The number of esters is 1. The van der Waals surface area contributed by atoms with Crippen LogP contribution in [0.4, 0.5) is 10.1 Å². The van der Waals surface area contributed by atoms with Gasteiger partial charge in [0.2, 0.25) is 0 Å². The minimum atomic E-state index is -0.390. The maximum atomic E-state index is 14.1. The third-order valence-corrected chi connectivity index (χ3v) is 6.29. The smallest absolute Gasteiger partial charge is 0.303 e. The number of rotatable bonds is 6. The molecule has 0 radical (unpaired) electrons. The van der Waals surface area contributed by atoms with Crippen LogP contribution >= 0.6 is 0 Å². The number of hydrogen-bond donors (Lipinski definition) is 1. The van der Waals surface area contributed by atoms with Crippen LogP contribution in [-0.2, 0) is 9.53 Å². The Kier molecular flexibility index (Phi) is 5.40. The Balaban J connectivity index is 1.33. The highest BCUT2D eigenvalue weighted by Crippen LogP contribution is 2.43. The summed E-state index contributed by atoms with van der Waals surface area (Å²) in [6.07, 6.45) is -0.390. The van der Waals surface area contributed by atoms with Gasteiger partial charge in [-0.25, -0.2) is 4.39 Å². The van der Waals surface area contributed by atoms with Crippen molar-refractivity contribution in [2.75, 3.05) is 25.1 Å². The lowest BCUT2D eigenvalue weighted by Crippen LogP contribution is -2.12. The molecule has 0 amide bonds. The van der Waals surface area contributed by atoms with E-state index in [2.05, 4.69) is 10.3 Å².